The predicted molar refractivity (Wildman–Crippen MR) is 148 cm³/mol. The second-order valence-electron chi connectivity index (χ2n) is 13.0. The van der Waals surface area contributed by atoms with Crippen molar-refractivity contribution in [2.75, 3.05) is 0 Å². The van der Waals surface area contributed by atoms with E-state index in [1.165, 1.54) is 0 Å². The van der Waals surface area contributed by atoms with Gasteiger partial charge >= 0.3 is 0 Å². The highest BCUT2D eigenvalue weighted by Crippen LogP contribution is 2.65. The van der Waals surface area contributed by atoms with E-state index in [1.807, 2.05) is 60.7 Å². The number of aliphatic hydroxyl groups excluding tert-OH is 1. The molecule has 3 aliphatic carbocycles. The Labute approximate surface area is 226 Å². The van der Waals surface area contributed by atoms with E-state index in [0.717, 1.165) is 56.1 Å². The van der Waals surface area contributed by atoms with Crippen LogP contribution in [0.1, 0.15) is 88.5 Å². The molecule has 38 heavy (non-hydrogen) atoms. The fourth-order valence-corrected chi connectivity index (χ4v) is 9.23. The molecule has 2 aromatic rings. The molecule has 4 fully saturated rings. The van der Waals surface area contributed by atoms with Crippen LogP contribution < -0.4 is 10.6 Å². The molecule has 2 amide bonds. The SMILES string of the molecule is C[C@]12CCC(=O)N[C@@H]1CC[C@@H]1[C@@H]2CC[C@]2(C)[C@@H](C(=O)N[C@H](c3ccccc3)[C@@H](O)c3ccccc3)CC[C@@H]12. The molecule has 0 bridgehead atoms. The van der Waals surface area contributed by atoms with Gasteiger partial charge in [0.15, 0.2) is 0 Å². The Kier molecular flexibility index (Phi) is 6.62. The topological polar surface area (TPSA) is 78.4 Å². The molecule has 3 saturated carbocycles. The monoisotopic (exact) mass is 514 g/mol. The van der Waals surface area contributed by atoms with Crippen LogP contribution in [0.5, 0.6) is 0 Å². The van der Waals surface area contributed by atoms with Crippen molar-refractivity contribution in [3.05, 3.63) is 71.8 Å². The quantitative estimate of drug-likeness (QED) is 0.478. The van der Waals surface area contributed by atoms with E-state index in [-0.39, 0.29) is 28.6 Å². The average molecular weight is 515 g/mol. The number of hydrogen-bond donors (Lipinski definition) is 3. The third-order valence-electron chi connectivity index (χ3n) is 11.3. The van der Waals surface area contributed by atoms with E-state index in [1.54, 1.807) is 0 Å². The average Bonchev–Trinajstić information content (AvgIpc) is 3.30. The highest BCUT2D eigenvalue weighted by atomic mass is 16.3. The zero-order valence-electron chi connectivity index (χ0n) is 22.7. The smallest absolute Gasteiger partial charge is 0.224 e. The molecule has 9 atom stereocenters. The lowest BCUT2D eigenvalue weighted by molar-refractivity contribution is -0.142. The standard InChI is InChI=1S/C33H42N2O3/c1-32-19-17-25-23(13-16-27-33(25,2)20-18-28(36)34-27)24(32)14-15-26(32)31(38)35-29(21-9-5-3-6-10-21)30(37)22-11-7-4-8-12-22/h3-12,23-27,29-30,37H,13-20H2,1-2H3,(H,34,36)(H,35,38)/t23-,24-,25-,26+,27+,29+,30-,32-,33+/m0/s1. The van der Waals surface area contributed by atoms with Crippen LogP contribution in [0.2, 0.25) is 0 Å². The van der Waals surface area contributed by atoms with Crippen LogP contribution in [0.15, 0.2) is 60.7 Å². The van der Waals surface area contributed by atoms with Crippen LogP contribution in [-0.4, -0.2) is 23.0 Å². The lowest BCUT2D eigenvalue weighted by Crippen LogP contribution is -2.61. The summed E-state index contributed by atoms with van der Waals surface area (Å²) >= 11 is 0. The van der Waals surface area contributed by atoms with Crippen LogP contribution in [0.4, 0.5) is 0 Å². The first-order valence-corrected chi connectivity index (χ1v) is 14.7. The van der Waals surface area contributed by atoms with E-state index in [0.29, 0.717) is 30.2 Å². The molecular formula is C33H42N2O3. The molecule has 0 unspecified atom stereocenters. The summed E-state index contributed by atoms with van der Waals surface area (Å²) in [5.74, 6) is 2.05. The Bertz CT molecular complexity index is 1170. The van der Waals surface area contributed by atoms with Crippen molar-refractivity contribution in [3.8, 4) is 0 Å². The van der Waals surface area contributed by atoms with Gasteiger partial charge in [-0.05, 0) is 84.7 Å². The minimum atomic E-state index is -0.819. The molecule has 6 rings (SSSR count). The molecule has 1 aliphatic heterocycles. The molecule has 2 aromatic carbocycles. The molecule has 1 heterocycles. The third-order valence-corrected chi connectivity index (χ3v) is 11.3. The first-order valence-electron chi connectivity index (χ1n) is 14.7. The van der Waals surface area contributed by atoms with Crippen molar-refractivity contribution in [1.29, 1.82) is 0 Å². The molecule has 1 saturated heterocycles. The van der Waals surface area contributed by atoms with E-state index in [9.17, 15) is 14.7 Å². The fourth-order valence-electron chi connectivity index (χ4n) is 9.23. The number of benzene rings is 2. The Morgan fingerprint density at radius 2 is 1.53 bits per heavy atom. The number of hydrogen-bond acceptors (Lipinski definition) is 3. The number of fused-ring (bicyclic) bond motifs is 5. The van der Waals surface area contributed by atoms with Crippen LogP contribution >= 0.6 is 0 Å². The van der Waals surface area contributed by atoms with E-state index < -0.39 is 12.1 Å². The zero-order chi connectivity index (χ0) is 26.5. The maximum Gasteiger partial charge on any atom is 0.224 e. The summed E-state index contributed by atoms with van der Waals surface area (Å²) < 4.78 is 0. The van der Waals surface area contributed by atoms with Crippen molar-refractivity contribution >= 4 is 11.8 Å². The molecule has 5 heteroatoms. The highest BCUT2D eigenvalue weighted by Gasteiger charge is 2.61. The van der Waals surface area contributed by atoms with Crippen molar-refractivity contribution in [2.24, 2.45) is 34.5 Å². The number of carbonyl (C=O) groups excluding carboxylic acids is 2. The van der Waals surface area contributed by atoms with Gasteiger partial charge in [-0.25, -0.2) is 0 Å². The van der Waals surface area contributed by atoms with Gasteiger partial charge in [0, 0.05) is 18.4 Å². The lowest BCUT2D eigenvalue weighted by Gasteiger charge is -2.60. The highest BCUT2D eigenvalue weighted by molar-refractivity contribution is 5.80. The molecule has 5 nitrogen and oxygen atoms in total. The van der Waals surface area contributed by atoms with Gasteiger partial charge in [0.2, 0.25) is 11.8 Å². The Morgan fingerprint density at radius 3 is 2.24 bits per heavy atom. The van der Waals surface area contributed by atoms with Gasteiger partial charge in [0.1, 0.15) is 6.10 Å². The number of nitrogens with one attached hydrogen (secondary N) is 2. The van der Waals surface area contributed by atoms with Gasteiger partial charge < -0.3 is 15.7 Å². The minimum absolute atomic E-state index is 0.0225. The summed E-state index contributed by atoms with van der Waals surface area (Å²) in [6, 6.07) is 19.3. The van der Waals surface area contributed by atoms with E-state index in [2.05, 4.69) is 24.5 Å². The van der Waals surface area contributed by atoms with Crippen LogP contribution in [-0.2, 0) is 9.59 Å². The summed E-state index contributed by atoms with van der Waals surface area (Å²) in [6.07, 6.45) is 7.24. The number of carbonyl (C=O) groups is 2. The first kappa shape index (κ1) is 25.6. The van der Waals surface area contributed by atoms with Gasteiger partial charge in [-0.15, -0.1) is 0 Å². The van der Waals surface area contributed by atoms with Crippen LogP contribution in [0, 0.1) is 34.5 Å². The molecule has 4 aliphatic rings. The Hall–Kier alpha value is -2.66. The normalized spacial score (nSPS) is 37.7. The van der Waals surface area contributed by atoms with Gasteiger partial charge in [0.05, 0.1) is 6.04 Å². The molecule has 202 valence electrons. The Balaban J connectivity index is 1.22. The second-order valence-corrected chi connectivity index (χ2v) is 13.0. The minimum Gasteiger partial charge on any atom is -0.386 e. The van der Waals surface area contributed by atoms with E-state index >= 15 is 0 Å². The van der Waals surface area contributed by atoms with Gasteiger partial charge in [-0.1, -0.05) is 74.5 Å². The zero-order valence-corrected chi connectivity index (χ0v) is 22.7. The first-order chi connectivity index (χ1) is 18.3. The molecule has 0 spiro atoms. The van der Waals surface area contributed by atoms with Crippen molar-refractivity contribution in [3.63, 3.8) is 0 Å². The summed E-state index contributed by atoms with van der Waals surface area (Å²) in [7, 11) is 0. The lowest BCUT2D eigenvalue weighted by atomic mass is 9.47. The van der Waals surface area contributed by atoms with Gasteiger partial charge in [-0.2, -0.15) is 0 Å². The largest absolute Gasteiger partial charge is 0.386 e. The maximum atomic E-state index is 14.0. The number of amides is 2. The maximum absolute atomic E-state index is 14.0. The Morgan fingerprint density at radius 1 is 0.868 bits per heavy atom. The summed E-state index contributed by atoms with van der Waals surface area (Å²) in [5.41, 5.74) is 1.88. The predicted octanol–water partition coefficient (Wildman–Crippen LogP) is 5.71. The summed E-state index contributed by atoms with van der Waals surface area (Å²) in [4.78, 5) is 26.2. The van der Waals surface area contributed by atoms with Crippen molar-refractivity contribution in [2.45, 2.75) is 83.4 Å². The summed E-state index contributed by atoms with van der Waals surface area (Å²) in [5, 5.41) is 18.0. The van der Waals surface area contributed by atoms with Crippen LogP contribution in [0.25, 0.3) is 0 Å². The third kappa shape index (κ3) is 4.18. The second kappa shape index (κ2) is 9.82. The molecule has 0 radical (unpaired) electrons. The fraction of sp³-hybridized carbons (Fsp3) is 0.576. The number of piperidine rings is 1. The van der Waals surface area contributed by atoms with Gasteiger partial charge in [0.25, 0.3) is 0 Å². The summed E-state index contributed by atoms with van der Waals surface area (Å²) in [6.45, 7) is 4.79. The van der Waals surface area contributed by atoms with Crippen molar-refractivity contribution in [1.82, 2.24) is 10.6 Å². The molecular weight excluding hydrogens is 472 g/mol. The molecule has 0 aromatic heterocycles. The van der Waals surface area contributed by atoms with Gasteiger partial charge in [-0.3, -0.25) is 9.59 Å². The number of rotatable bonds is 5. The number of aliphatic hydroxyl groups is 1. The van der Waals surface area contributed by atoms with E-state index in [4.69, 9.17) is 0 Å². The molecule has 3 N–H and O–H groups in total. The van der Waals surface area contributed by atoms with Crippen LogP contribution in [0.3, 0.4) is 0 Å². The van der Waals surface area contributed by atoms with Crippen molar-refractivity contribution < 1.29 is 14.7 Å².